The molecule has 6 heteroatoms. The average Bonchev–Trinajstić information content (AvgIpc) is 3.20. The van der Waals surface area contributed by atoms with E-state index in [0.717, 1.165) is 4.88 Å². The van der Waals surface area contributed by atoms with E-state index >= 15 is 0 Å². The van der Waals surface area contributed by atoms with Crippen LogP contribution in [0.15, 0.2) is 35.4 Å². The smallest absolute Gasteiger partial charge is 0.347 e. The third-order valence-corrected chi connectivity index (χ3v) is 4.59. The number of ether oxygens (including phenoxy) is 3. The van der Waals surface area contributed by atoms with E-state index in [0.29, 0.717) is 29.2 Å². The highest BCUT2D eigenvalue weighted by Gasteiger charge is 2.31. The number of thiophene rings is 1. The third-order valence-electron chi connectivity index (χ3n) is 3.78. The van der Waals surface area contributed by atoms with Gasteiger partial charge in [0.25, 0.3) is 0 Å². The zero-order valence-corrected chi connectivity index (χ0v) is 15.0. The lowest BCUT2D eigenvalue weighted by atomic mass is 10.1. The van der Waals surface area contributed by atoms with E-state index in [2.05, 4.69) is 0 Å². The number of allylic oxidation sites excluding steroid dienone is 1. The van der Waals surface area contributed by atoms with E-state index in [-0.39, 0.29) is 11.5 Å². The number of benzene rings is 1. The number of esters is 1. The molecule has 2 heterocycles. The van der Waals surface area contributed by atoms with Gasteiger partial charge >= 0.3 is 5.97 Å². The Balaban J connectivity index is 1.85. The number of carbonyl (C=O) groups excluding carboxylic acids is 2. The maximum absolute atomic E-state index is 12.5. The number of ketones is 1. The molecule has 1 atom stereocenters. The number of carbonyl (C=O) groups is 2. The van der Waals surface area contributed by atoms with Crippen LogP contribution in [-0.2, 0) is 9.53 Å². The summed E-state index contributed by atoms with van der Waals surface area (Å²) in [6, 6.07) is 7.17. The zero-order valence-electron chi connectivity index (χ0n) is 14.2. The lowest BCUT2D eigenvalue weighted by Gasteiger charge is -2.16. The molecule has 0 radical (unpaired) electrons. The Labute approximate surface area is 149 Å². The van der Waals surface area contributed by atoms with Gasteiger partial charge in [-0.2, -0.15) is 0 Å². The minimum Gasteiger partial charge on any atom is -0.479 e. The largest absolute Gasteiger partial charge is 0.479 e. The second-order valence-corrected chi connectivity index (χ2v) is 6.51. The molecule has 0 saturated heterocycles. The summed E-state index contributed by atoms with van der Waals surface area (Å²) in [5.74, 6) is 0.663. The van der Waals surface area contributed by atoms with Crippen molar-refractivity contribution >= 4 is 29.2 Å². The first-order chi connectivity index (χ1) is 12.0. The van der Waals surface area contributed by atoms with Crippen LogP contribution in [0.3, 0.4) is 0 Å². The topological polar surface area (TPSA) is 61.8 Å². The van der Waals surface area contributed by atoms with Crippen molar-refractivity contribution < 1.29 is 23.8 Å². The fourth-order valence-corrected chi connectivity index (χ4v) is 3.14. The van der Waals surface area contributed by atoms with E-state index in [1.165, 1.54) is 11.3 Å². The van der Waals surface area contributed by atoms with Crippen LogP contribution in [0, 0.1) is 6.92 Å². The van der Waals surface area contributed by atoms with Gasteiger partial charge in [0, 0.05) is 16.5 Å². The van der Waals surface area contributed by atoms with E-state index in [9.17, 15) is 9.59 Å². The Morgan fingerprint density at radius 2 is 2.16 bits per heavy atom. The van der Waals surface area contributed by atoms with Crippen molar-refractivity contribution in [2.24, 2.45) is 0 Å². The number of hydrogen-bond acceptors (Lipinski definition) is 6. The summed E-state index contributed by atoms with van der Waals surface area (Å²) in [4.78, 5) is 25.2. The third kappa shape index (κ3) is 3.44. The monoisotopic (exact) mass is 358 g/mol. The van der Waals surface area contributed by atoms with Gasteiger partial charge in [-0.1, -0.05) is 6.07 Å². The average molecular weight is 358 g/mol. The molecule has 0 bridgehead atoms. The molecule has 0 aliphatic carbocycles. The fourth-order valence-electron chi connectivity index (χ4n) is 2.50. The van der Waals surface area contributed by atoms with E-state index in [4.69, 9.17) is 14.2 Å². The van der Waals surface area contributed by atoms with Crippen LogP contribution in [-0.4, -0.2) is 24.5 Å². The summed E-state index contributed by atoms with van der Waals surface area (Å²) in [6.07, 6.45) is 0.990. The van der Waals surface area contributed by atoms with Crippen LogP contribution in [0.5, 0.6) is 11.5 Å². The SMILES string of the molecule is CCOC(=O)C(C)Oc1ccc2c(c1C)O/C(=C\c1cccs1)C2=O. The normalized spacial score (nSPS) is 15.6. The zero-order chi connectivity index (χ0) is 18.0. The fraction of sp³-hybridized carbons (Fsp3) is 0.263. The molecule has 0 amide bonds. The van der Waals surface area contributed by atoms with E-state index in [1.807, 2.05) is 17.5 Å². The van der Waals surface area contributed by atoms with Crippen molar-refractivity contribution in [3.05, 3.63) is 51.4 Å². The van der Waals surface area contributed by atoms with Crippen molar-refractivity contribution in [3.63, 3.8) is 0 Å². The Kier molecular flexibility index (Phi) is 4.90. The maximum atomic E-state index is 12.5. The van der Waals surface area contributed by atoms with Crippen molar-refractivity contribution in [1.29, 1.82) is 0 Å². The summed E-state index contributed by atoms with van der Waals surface area (Å²) in [5, 5.41) is 1.94. The van der Waals surface area contributed by atoms with Gasteiger partial charge in [0.1, 0.15) is 11.5 Å². The maximum Gasteiger partial charge on any atom is 0.347 e. The van der Waals surface area contributed by atoms with E-state index in [1.54, 1.807) is 39.0 Å². The molecule has 0 N–H and O–H groups in total. The molecule has 130 valence electrons. The van der Waals surface area contributed by atoms with Crippen molar-refractivity contribution in [3.8, 4) is 11.5 Å². The van der Waals surface area contributed by atoms with Crippen molar-refractivity contribution in [2.45, 2.75) is 26.9 Å². The van der Waals surface area contributed by atoms with Gasteiger partial charge in [-0.05, 0) is 44.4 Å². The molecule has 0 spiro atoms. The predicted molar refractivity (Wildman–Crippen MR) is 95.2 cm³/mol. The van der Waals surface area contributed by atoms with Gasteiger partial charge in [0.15, 0.2) is 11.9 Å². The van der Waals surface area contributed by atoms with Gasteiger partial charge in [0.2, 0.25) is 5.78 Å². The first-order valence-corrected chi connectivity index (χ1v) is 8.84. The minimum atomic E-state index is -0.741. The summed E-state index contributed by atoms with van der Waals surface area (Å²) < 4.78 is 16.4. The first kappa shape index (κ1) is 17.2. The molecule has 1 unspecified atom stereocenters. The van der Waals surface area contributed by atoms with Gasteiger partial charge in [0.05, 0.1) is 12.2 Å². The number of rotatable bonds is 5. The van der Waals surface area contributed by atoms with Gasteiger partial charge in [-0.15, -0.1) is 11.3 Å². The van der Waals surface area contributed by atoms with Gasteiger partial charge < -0.3 is 14.2 Å². The number of hydrogen-bond donors (Lipinski definition) is 0. The lowest BCUT2D eigenvalue weighted by molar-refractivity contribution is -0.150. The van der Waals surface area contributed by atoms with Crippen molar-refractivity contribution in [1.82, 2.24) is 0 Å². The molecule has 1 aromatic carbocycles. The Morgan fingerprint density at radius 1 is 1.36 bits per heavy atom. The van der Waals surface area contributed by atoms with Crippen LogP contribution in [0.2, 0.25) is 0 Å². The van der Waals surface area contributed by atoms with Crippen molar-refractivity contribution in [2.75, 3.05) is 6.61 Å². The highest BCUT2D eigenvalue weighted by atomic mass is 32.1. The predicted octanol–water partition coefficient (Wildman–Crippen LogP) is 4.00. The first-order valence-electron chi connectivity index (χ1n) is 7.96. The van der Waals surface area contributed by atoms with E-state index < -0.39 is 12.1 Å². The number of Topliss-reactive ketones (excluding diaryl/α,β-unsaturated/α-hetero) is 1. The van der Waals surface area contributed by atoms with Crippen LogP contribution in [0.25, 0.3) is 6.08 Å². The molecule has 2 aromatic rings. The van der Waals surface area contributed by atoms with Gasteiger partial charge in [-0.3, -0.25) is 4.79 Å². The van der Waals surface area contributed by atoms with Crippen LogP contribution in [0.4, 0.5) is 0 Å². The highest BCUT2D eigenvalue weighted by molar-refractivity contribution is 7.10. The molecule has 25 heavy (non-hydrogen) atoms. The Morgan fingerprint density at radius 3 is 2.84 bits per heavy atom. The summed E-state index contributed by atoms with van der Waals surface area (Å²) in [6.45, 7) is 5.46. The van der Waals surface area contributed by atoms with Crippen LogP contribution < -0.4 is 9.47 Å². The molecule has 5 nitrogen and oxygen atoms in total. The van der Waals surface area contributed by atoms with Crippen LogP contribution in [0.1, 0.15) is 34.6 Å². The summed E-state index contributed by atoms with van der Waals surface area (Å²) in [5.41, 5.74) is 1.17. The Bertz CT molecular complexity index is 836. The molecular weight excluding hydrogens is 340 g/mol. The molecule has 3 rings (SSSR count). The molecular formula is C19H18O5S. The Hall–Kier alpha value is -2.60. The molecule has 0 saturated carbocycles. The molecule has 0 fully saturated rings. The molecule has 1 aliphatic rings. The van der Waals surface area contributed by atoms with Gasteiger partial charge in [-0.25, -0.2) is 4.79 Å². The highest BCUT2D eigenvalue weighted by Crippen LogP contribution is 2.39. The summed E-state index contributed by atoms with van der Waals surface area (Å²) >= 11 is 1.53. The minimum absolute atomic E-state index is 0.156. The second kappa shape index (κ2) is 7.11. The number of fused-ring (bicyclic) bond motifs is 1. The quantitative estimate of drug-likeness (QED) is 0.597. The second-order valence-electron chi connectivity index (χ2n) is 5.53. The van der Waals surface area contributed by atoms with Crippen LogP contribution >= 0.6 is 11.3 Å². The lowest BCUT2D eigenvalue weighted by Crippen LogP contribution is -2.26. The summed E-state index contributed by atoms with van der Waals surface area (Å²) in [7, 11) is 0. The molecule has 1 aliphatic heterocycles. The standard InChI is InChI=1S/C19H18O5S/c1-4-22-19(21)12(3)23-15-8-7-14-17(20)16(24-18(14)11(15)2)10-13-6-5-9-25-13/h5-10,12H,4H2,1-3H3/b16-10-. The molecule has 1 aromatic heterocycles.